The summed E-state index contributed by atoms with van der Waals surface area (Å²) < 4.78 is 14.0. The van der Waals surface area contributed by atoms with Crippen LogP contribution in [-0.4, -0.2) is 42.8 Å². The molecule has 0 saturated carbocycles. The second-order valence-corrected chi connectivity index (χ2v) is 8.18. The van der Waals surface area contributed by atoms with Crippen molar-refractivity contribution >= 4 is 32.9 Å². The van der Waals surface area contributed by atoms with E-state index in [4.69, 9.17) is 9.15 Å². The number of carbonyl (C=O) groups excluding carboxylic acids is 1. The maximum absolute atomic E-state index is 12.4. The van der Waals surface area contributed by atoms with Gasteiger partial charge in [-0.1, -0.05) is 30.3 Å². The molecule has 0 aliphatic heterocycles. The van der Waals surface area contributed by atoms with Crippen LogP contribution in [0.5, 0.6) is 0 Å². The van der Waals surface area contributed by atoms with Crippen LogP contribution in [0.2, 0.25) is 0 Å². The summed E-state index contributed by atoms with van der Waals surface area (Å²) in [5.74, 6) is 0.785. The molecule has 3 aromatic heterocycles. The van der Waals surface area contributed by atoms with E-state index in [-0.39, 0.29) is 5.97 Å². The number of rotatable bonds is 6. The van der Waals surface area contributed by atoms with E-state index < -0.39 is 0 Å². The van der Waals surface area contributed by atoms with Gasteiger partial charge in [0.05, 0.1) is 23.1 Å². The Hall–Kier alpha value is -3.79. The van der Waals surface area contributed by atoms with E-state index in [9.17, 15) is 4.79 Å². The predicted molar refractivity (Wildman–Crippen MR) is 125 cm³/mol. The van der Waals surface area contributed by atoms with E-state index in [1.807, 2.05) is 42.5 Å². The molecular formula is C23H19BrN6O3. The number of hydrogen-bond donors (Lipinski definition) is 1. The molecular weight excluding hydrogens is 488 g/mol. The largest absolute Gasteiger partial charge is 0.461 e. The average molecular weight is 507 g/mol. The summed E-state index contributed by atoms with van der Waals surface area (Å²) in [4.78, 5) is 16.7. The van der Waals surface area contributed by atoms with Gasteiger partial charge in [-0.2, -0.15) is 5.21 Å². The van der Waals surface area contributed by atoms with Gasteiger partial charge in [-0.3, -0.25) is 0 Å². The van der Waals surface area contributed by atoms with E-state index in [0.717, 1.165) is 32.1 Å². The highest BCUT2D eigenvalue weighted by Crippen LogP contribution is 2.41. The van der Waals surface area contributed by atoms with Crippen LogP contribution >= 0.6 is 15.9 Å². The number of ether oxygens (including phenoxy) is 1. The number of tetrazole rings is 1. The van der Waals surface area contributed by atoms with Crippen LogP contribution in [0.3, 0.4) is 0 Å². The van der Waals surface area contributed by atoms with E-state index in [1.54, 1.807) is 24.7 Å². The SMILES string of the molecule is CCOC(=O)c1c(C)ncn1Cc1ccc2oc(-c3ccccc3-c3nn[nH]n3)c(Br)c2c1. The molecule has 0 bridgehead atoms. The number of furan rings is 1. The second kappa shape index (κ2) is 8.62. The van der Waals surface area contributed by atoms with Gasteiger partial charge in [0.15, 0.2) is 5.69 Å². The highest BCUT2D eigenvalue weighted by molar-refractivity contribution is 9.10. The lowest BCUT2D eigenvalue weighted by molar-refractivity contribution is 0.0513. The number of esters is 1. The third kappa shape index (κ3) is 3.82. The molecule has 0 fully saturated rings. The van der Waals surface area contributed by atoms with E-state index in [1.165, 1.54) is 0 Å². The molecule has 10 heteroatoms. The molecule has 33 heavy (non-hydrogen) atoms. The van der Waals surface area contributed by atoms with Gasteiger partial charge in [-0.15, -0.1) is 10.2 Å². The van der Waals surface area contributed by atoms with Crippen LogP contribution < -0.4 is 0 Å². The highest BCUT2D eigenvalue weighted by atomic mass is 79.9. The zero-order chi connectivity index (χ0) is 22.9. The number of aryl methyl sites for hydroxylation is 1. The molecule has 3 heterocycles. The van der Waals surface area contributed by atoms with Gasteiger partial charge in [-0.25, -0.2) is 9.78 Å². The Labute approximate surface area is 196 Å². The number of aromatic amines is 1. The molecule has 5 aromatic rings. The first-order valence-corrected chi connectivity index (χ1v) is 11.1. The Morgan fingerprint density at radius 3 is 2.79 bits per heavy atom. The summed E-state index contributed by atoms with van der Waals surface area (Å²) in [5, 5.41) is 15.3. The molecule has 0 atom stereocenters. The first-order valence-electron chi connectivity index (χ1n) is 10.3. The summed E-state index contributed by atoms with van der Waals surface area (Å²) in [5.41, 5.74) is 4.47. The number of hydrogen-bond acceptors (Lipinski definition) is 7. The number of imidazole rings is 1. The number of aromatic nitrogens is 6. The van der Waals surface area contributed by atoms with Crippen molar-refractivity contribution in [3.8, 4) is 22.7 Å². The summed E-state index contributed by atoms with van der Waals surface area (Å²) in [6.45, 7) is 4.36. The number of benzene rings is 2. The minimum absolute atomic E-state index is 0.311. The third-order valence-electron chi connectivity index (χ3n) is 5.29. The van der Waals surface area contributed by atoms with Crippen molar-refractivity contribution in [2.45, 2.75) is 20.4 Å². The van der Waals surface area contributed by atoms with Gasteiger partial charge < -0.3 is 13.7 Å². The van der Waals surface area contributed by atoms with Crippen molar-refractivity contribution in [2.75, 3.05) is 6.61 Å². The molecule has 0 spiro atoms. The lowest BCUT2D eigenvalue weighted by atomic mass is 10.0. The second-order valence-electron chi connectivity index (χ2n) is 7.38. The first-order chi connectivity index (χ1) is 16.1. The Bertz CT molecular complexity index is 1450. The zero-order valence-corrected chi connectivity index (χ0v) is 19.5. The van der Waals surface area contributed by atoms with Crippen molar-refractivity contribution in [3.05, 3.63) is 70.2 Å². The fourth-order valence-electron chi connectivity index (χ4n) is 3.80. The fraction of sp³-hybridized carbons (Fsp3) is 0.174. The molecule has 0 aliphatic carbocycles. The lowest BCUT2D eigenvalue weighted by Gasteiger charge is -2.08. The number of halogens is 1. The average Bonchev–Trinajstić information content (AvgIpc) is 3.54. The molecule has 9 nitrogen and oxygen atoms in total. The zero-order valence-electron chi connectivity index (χ0n) is 17.9. The Morgan fingerprint density at radius 2 is 2.03 bits per heavy atom. The number of nitrogens with one attached hydrogen (secondary N) is 1. The minimum Gasteiger partial charge on any atom is -0.461 e. The smallest absolute Gasteiger partial charge is 0.356 e. The minimum atomic E-state index is -0.376. The summed E-state index contributed by atoms with van der Waals surface area (Å²) in [7, 11) is 0. The van der Waals surface area contributed by atoms with Gasteiger partial charge >= 0.3 is 5.97 Å². The molecule has 2 aromatic carbocycles. The number of nitrogens with zero attached hydrogens (tertiary/aromatic N) is 5. The van der Waals surface area contributed by atoms with Crippen molar-refractivity contribution in [2.24, 2.45) is 0 Å². The Morgan fingerprint density at radius 1 is 1.21 bits per heavy atom. The number of fused-ring (bicyclic) bond motifs is 1. The molecule has 0 radical (unpaired) electrons. The highest BCUT2D eigenvalue weighted by Gasteiger charge is 2.21. The van der Waals surface area contributed by atoms with E-state index in [0.29, 0.717) is 36.1 Å². The summed E-state index contributed by atoms with van der Waals surface area (Å²) >= 11 is 3.72. The molecule has 1 N–H and O–H groups in total. The molecule has 0 saturated heterocycles. The molecule has 0 unspecified atom stereocenters. The fourth-order valence-corrected chi connectivity index (χ4v) is 4.41. The van der Waals surface area contributed by atoms with Crippen molar-refractivity contribution in [3.63, 3.8) is 0 Å². The van der Waals surface area contributed by atoms with Gasteiger partial charge in [0.1, 0.15) is 11.3 Å². The standard InChI is InChI=1S/C23H19BrN6O3/c1-3-32-23(31)20-13(2)25-12-30(20)11-14-8-9-18-17(10-14)19(24)21(33-18)15-6-4-5-7-16(15)22-26-28-29-27-22/h4-10,12H,3,11H2,1-2H3,(H,26,27,28,29). The van der Waals surface area contributed by atoms with Crippen molar-refractivity contribution < 1.29 is 13.9 Å². The van der Waals surface area contributed by atoms with Crippen molar-refractivity contribution in [1.82, 2.24) is 30.2 Å². The molecule has 166 valence electrons. The Balaban J connectivity index is 1.54. The van der Waals surface area contributed by atoms with Crippen molar-refractivity contribution in [1.29, 1.82) is 0 Å². The van der Waals surface area contributed by atoms with Crippen LogP contribution in [-0.2, 0) is 11.3 Å². The molecule has 0 amide bonds. The van der Waals surface area contributed by atoms with Crippen LogP contribution in [0.25, 0.3) is 33.7 Å². The maximum Gasteiger partial charge on any atom is 0.356 e. The van der Waals surface area contributed by atoms with Gasteiger partial charge in [-0.05, 0) is 52.7 Å². The monoisotopic (exact) mass is 506 g/mol. The van der Waals surface area contributed by atoms with Crippen LogP contribution in [0, 0.1) is 6.92 Å². The maximum atomic E-state index is 12.4. The third-order valence-corrected chi connectivity index (χ3v) is 6.08. The number of H-pyrrole nitrogens is 1. The molecule has 5 rings (SSSR count). The van der Waals surface area contributed by atoms with Crippen LogP contribution in [0.15, 0.2) is 57.7 Å². The Kier molecular flexibility index (Phi) is 5.51. The van der Waals surface area contributed by atoms with Gasteiger partial charge in [0.25, 0.3) is 0 Å². The quantitative estimate of drug-likeness (QED) is 0.330. The topological polar surface area (TPSA) is 112 Å². The molecule has 0 aliphatic rings. The summed E-state index contributed by atoms with van der Waals surface area (Å²) in [6, 6.07) is 13.6. The van der Waals surface area contributed by atoms with Crippen LogP contribution in [0.4, 0.5) is 0 Å². The van der Waals surface area contributed by atoms with Gasteiger partial charge in [0, 0.05) is 23.1 Å². The van der Waals surface area contributed by atoms with E-state index in [2.05, 4.69) is 41.5 Å². The van der Waals surface area contributed by atoms with Gasteiger partial charge in [0.2, 0.25) is 5.82 Å². The van der Waals surface area contributed by atoms with E-state index >= 15 is 0 Å². The first kappa shape index (κ1) is 21.1. The summed E-state index contributed by atoms with van der Waals surface area (Å²) in [6.07, 6.45) is 1.66. The number of carbonyl (C=O) groups is 1. The normalized spacial score (nSPS) is 11.2. The van der Waals surface area contributed by atoms with Crippen LogP contribution in [0.1, 0.15) is 28.7 Å². The lowest BCUT2D eigenvalue weighted by Crippen LogP contribution is -2.13. The predicted octanol–water partition coefficient (Wildman–Crippen LogP) is 4.77.